The number of nitro benzene ring substituents is 1. The fraction of sp³-hybridized carbons (Fsp3) is 0.333. The lowest BCUT2D eigenvalue weighted by molar-refractivity contribution is -0.385. The summed E-state index contributed by atoms with van der Waals surface area (Å²) < 4.78 is 10.5. The van der Waals surface area contributed by atoms with Crippen molar-refractivity contribution < 1.29 is 14.4 Å². The fourth-order valence-corrected chi connectivity index (χ4v) is 1.40. The molecule has 0 aliphatic rings. The van der Waals surface area contributed by atoms with Gasteiger partial charge in [-0.25, -0.2) is 0 Å². The second-order valence-electron chi connectivity index (χ2n) is 3.84. The average molecular weight is 252 g/mol. The van der Waals surface area contributed by atoms with E-state index in [2.05, 4.69) is 6.58 Å². The largest absolute Gasteiger partial charge is 0.493 e. The van der Waals surface area contributed by atoms with Gasteiger partial charge in [0.05, 0.1) is 18.1 Å². The molecule has 0 spiro atoms. The van der Waals surface area contributed by atoms with Crippen molar-refractivity contribution in [3.63, 3.8) is 0 Å². The van der Waals surface area contributed by atoms with Gasteiger partial charge >= 0.3 is 0 Å². The molecule has 0 bridgehead atoms. The highest BCUT2D eigenvalue weighted by Crippen LogP contribution is 2.34. The minimum absolute atomic E-state index is 0.0629. The summed E-state index contributed by atoms with van der Waals surface area (Å²) in [5.74, 6) is 0.728. The first-order valence-corrected chi connectivity index (χ1v) is 5.32. The normalized spacial score (nSPS) is 9.94. The van der Waals surface area contributed by atoms with Crippen LogP contribution in [0.4, 0.5) is 5.69 Å². The van der Waals surface area contributed by atoms with E-state index in [1.807, 2.05) is 0 Å². The summed E-state index contributed by atoms with van der Waals surface area (Å²) in [5, 5.41) is 10.9. The van der Waals surface area contributed by atoms with Crippen molar-refractivity contribution in [2.24, 2.45) is 5.73 Å². The summed E-state index contributed by atoms with van der Waals surface area (Å²) in [6.07, 6.45) is 0. The van der Waals surface area contributed by atoms with Gasteiger partial charge in [0.25, 0.3) is 5.69 Å². The summed E-state index contributed by atoms with van der Waals surface area (Å²) in [6, 6.07) is 2.84. The Bertz CT molecular complexity index is 471. The van der Waals surface area contributed by atoms with Crippen LogP contribution in [0.2, 0.25) is 0 Å². The van der Waals surface area contributed by atoms with Crippen LogP contribution in [0.3, 0.4) is 0 Å². The van der Waals surface area contributed by atoms with Crippen molar-refractivity contribution >= 4 is 5.69 Å². The summed E-state index contributed by atoms with van der Waals surface area (Å²) in [4.78, 5) is 10.4. The highest BCUT2D eigenvalue weighted by Gasteiger charge is 2.18. The molecule has 0 aliphatic heterocycles. The molecule has 0 unspecified atom stereocenters. The molecule has 1 aromatic carbocycles. The number of nitrogens with zero attached hydrogens (tertiary/aromatic N) is 1. The maximum Gasteiger partial charge on any atom is 0.277 e. The topological polar surface area (TPSA) is 87.6 Å². The predicted molar refractivity (Wildman–Crippen MR) is 67.8 cm³/mol. The number of ether oxygens (including phenoxy) is 2. The van der Waals surface area contributed by atoms with Crippen LogP contribution in [0.25, 0.3) is 0 Å². The van der Waals surface area contributed by atoms with E-state index in [4.69, 9.17) is 15.2 Å². The van der Waals surface area contributed by atoms with Gasteiger partial charge in [0.2, 0.25) is 0 Å². The molecule has 0 heterocycles. The third-order valence-electron chi connectivity index (χ3n) is 2.26. The Hall–Kier alpha value is -2.08. The molecule has 0 radical (unpaired) electrons. The van der Waals surface area contributed by atoms with E-state index in [-0.39, 0.29) is 18.8 Å². The molecule has 0 saturated heterocycles. The zero-order chi connectivity index (χ0) is 13.7. The van der Waals surface area contributed by atoms with E-state index in [0.717, 1.165) is 5.57 Å². The molecule has 1 rings (SSSR count). The maximum atomic E-state index is 10.9. The molecule has 6 heteroatoms. The van der Waals surface area contributed by atoms with Crippen molar-refractivity contribution in [1.82, 2.24) is 0 Å². The van der Waals surface area contributed by atoms with Crippen molar-refractivity contribution in [2.45, 2.75) is 13.5 Å². The first-order chi connectivity index (χ1) is 8.49. The standard InChI is InChI=1S/C12H16N2O4/c1-8(2)7-18-12-5-10(14(15)16)9(6-13)4-11(12)17-3/h4-5H,1,6-7,13H2,2-3H3. The Labute approximate surface area is 105 Å². The predicted octanol–water partition coefficient (Wildman–Crippen LogP) is 2.02. The molecule has 0 saturated carbocycles. The molecule has 0 atom stereocenters. The Kier molecular flexibility index (Phi) is 4.67. The van der Waals surface area contributed by atoms with Crippen molar-refractivity contribution in [3.8, 4) is 11.5 Å². The lowest BCUT2D eigenvalue weighted by Gasteiger charge is -2.12. The molecule has 0 aliphatic carbocycles. The number of hydrogen-bond acceptors (Lipinski definition) is 5. The smallest absolute Gasteiger partial charge is 0.277 e. The number of hydrogen-bond donors (Lipinski definition) is 1. The van der Waals surface area contributed by atoms with Crippen molar-refractivity contribution in [2.75, 3.05) is 13.7 Å². The molecule has 0 aromatic heterocycles. The molecule has 2 N–H and O–H groups in total. The number of nitro groups is 1. The van der Waals surface area contributed by atoms with Crippen LogP contribution in [-0.2, 0) is 6.54 Å². The summed E-state index contributed by atoms with van der Waals surface area (Å²) in [6.45, 7) is 5.83. The van der Waals surface area contributed by atoms with Crippen molar-refractivity contribution in [3.05, 3.63) is 40.0 Å². The van der Waals surface area contributed by atoms with Gasteiger partial charge in [0.15, 0.2) is 11.5 Å². The molecule has 0 fully saturated rings. The van der Waals surface area contributed by atoms with Crippen LogP contribution < -0.4 is 15.2 Å². The van der Waals surface area contributed by atoms with Crippen LogP contribution in [0, 0.1) is 10.1 Å². The molecule has 0 amide bonds. The Balaban J connectivity index is 3.18. The van der Waals surface area contributed by atoms with E-state index in [1.54, 1.807) is 6.92 Å². The second-order valence-corrected chi connectivity index (χ2v) is 3.84. The van der Waals surface area contributed by atoms with E-state index in [0.29, 0.717) is 17.1 Å². The first-order valence-electron chi connectivity index (χ1n) is 5.32. The quantitative estimate of drug-likeness (QED) is 0.475. The second kappa shape index (κ2) is 6.02. The van der Waals surface area contributed by atoms with Gasteiger partial charge in [0.1, 0.15) is 6.61 Å². The number of methoxy groups -OCH3 is 1. The molecule has 18 heavy (non-hydrogen) atoms. The minimum Gasteiger partial charge on any atom is -0.493 e. The fourth-order valence-electron chi connectivity index (χ4n) is 1.40. The summed E-state index contributed by atoms with van der Waals surface area (Å²) >= 11 is 0. The summed E-state index contributed by atoms with van der Waals surface area (Å²) in [5.41, 5.74) is 6.61. The van der Waals surface area contributed by atoms with Crippen LogP contribution in [0.5, 0.6) is 11.5 Å². The summed E-state index contributed by atoms with van der Waals surface area (Å²) in [7, 11) is 1.47. The van der Waals surface area contributed by atoms with Gasteiger partial charge in [-0.15, -0.1) is 0 Å². The van der Waals surface area contributed by atoms with Gasteiger partial charge < -0.3 is 15.2 Å². The zero-order valence-electron chi connectivity index (χ0n) is 10.4. The highest BCUT2D eigenvalue weighted by molar-refractivity contribution is 5.54. The monoisotopic (exact) mass is 252 g/mol. The van der Waals surface area contributed by atoms with Gasteiger partial charge in [-0.3, -0.25) is 10.1 Å². The number of rotatable bonds is 6. The molecule has 1 aromatic rings. The molecule has 98 valence electrons. The van der Waals surface area contributed by atoms with E-state index in [9.17, 15) is 10.1 Å². The third-order valence-corrected chi connectivity index (χ3v) is 2.26. The SMILES string of the molecule is C=C(C)COc1cc([N+](=O)[O-])c(CN)cc1OC. The molecule has 6 nitrogen and oxygen atoms in total. The Morgan fingerprint density at radius 2 is 2.17 bits per heavy atom. The van der Waals surface area contributed by atoms with Crippen LogP contribution >= 0.6 is 0 Å². The average Bonchev–Trinajstić information content (AvgIpc) is 2.34. The molecular formula is C12H16N2O4. The van der Waals surface area contributed by atoms with Gasteiger partial charge in [-0.2, -0.15) is 0 Å². The minimum atomic E-state index is -0.491. The molecular weight excluding hydrogens is 236 g/mol. The van der Waals surface area contributed by atoms with E-state index in [1.165, 1.54) is 19.2 Å². The van der Waals surface area contributed by atoms with Crippen LogP contribution in [0.15, 0.2) is 24.3 Å². The zero-order valence-corrected chi connectivity index (χ0v) is 10.4. The maximum absolute atomic E-state index is 10.9. The van der Waals surface area contributed by atoms with E-state index < -0.39 is 4.92 Å². The first kappa shape index (κ1) is 14.0. The van der Waals surface area contributed by atoms with Gasteiger partial charge in [0, 0.05) is 12.1 Å². The number of nitrogens with two attached hydrogens (primary N) is 1. The highest BCUT2D eigenvalue weighted by atomic mass is 16.6. The third kappa shape index (κ3) is 3.21. The van der Waals surface area contributed by atoms with Gasteiger partial charge in [-0.05, 0) is 18.6 Å². The van der Waals surface area contributed by atoms with Crippen LogP contribution in [0.1, 0.15) is 12.5 Å². The lowest BCUT2D eigenvalue weighted by atomic mass is 10.1. The Morgan fingerprint density at radius 3 is 2.61 bits per heavy atom. The lowest BCUT2D eigenvalue weighted by Crippen LogP contribution is -2.05. The van der Waals surface area contributed by atoms with Crippen molar-refractivity contribution in [1.29, 1.82) is 0 Å². The van der Waals surface area contributed by atoms with Crippen LogP contribution in [-0.4, -0.2) is 18.6 Å². The number of benzene rings is 1. The Morgan fingerprint density at radius 1 is 1.50 bits per heavy atom. The van der Waals surface area contributed by atoms with Gasteiger partial charge in [-0.1, -0.05) is 6.58 Å². The van der Waals surface area contributed by atoms with E-state index >= 15 is 0 Å².